The maximum absolute atomic E-state index is 12.7. The number of urea groups is 1. The summed E-state index contributed by atoms with van der Waals surface area (Å²) in [6.45, 7) is 3.42. The van der Waals surface area contributed by atoms with Crippen molar-refractivity contribution in [3.05, 3.63) is 42.2 Å². The Hall–Kier alpha value is -3.36. The highest BCUT2D eigenvalue weighted by molar-refractivity contribution is 5.90. The van der Waals surface area contributed by atoms with Gasteiger partial charge in [0.1, 0.15) is 11.6 Å². The van der Waals surface area contributed by atoms with Gasteiger partial charge in [0.05, 0.1) is 19.2 Å². The molecule has 9 nitrogen and oxygen atoms in total. The minimum absolute atomic E-state index is 0.0517. The third-order valence-corrected chi connectivity index (χ3v) is 5.50. The lowest BCUT2D eigenvalue weighted by Crippen LogP contribution is -2.71. The van der Waals surface area contributed by atoms with Crippen LogP contribution in [0.15, 0.2) is 36.4 Å². The largest absolute Gasteiger partial charge is 0.497 e. The van der Waals surface area contributed by atoms with Gasteiger partial charge in [0.2, 0.25) is 0 Å². The molecule has 1 aromatic carbocycles. The van der Waals surface area contributed by atoms with Crippen LogP contribution in [0.4, 0.5) is 16.3 Å². The molecule has 2 unspecified atom stereocenters. The molecule has 28 heavy (non-hydrogen) atoms. The molecular weight excluding hydrogens is 358 g/mol. The monoisotopic (exact) mass is 379 g/mol. The third-order valence-electron chi connectivity index (χ3n) is 5.50. The van der Waals surface area contributed by atoms with E-state index in [1.165, 1.54) is 0 Å². The molecule has 2 bridgehead atoms. The normalized spacial score (nSPS) is 20.8. The molecule has 0 aliphatic carbocycles. The zero-order valence-electron chi connectivity index (χ0n) is 15.7. The van der Waals surface area contributed by atoms with E-state index in [4.69, 9.17) is 4.74 Å². The van der Waals surface area contributed by atoms with Gasteiger partial charge in [-0.2, -0.15) is 4.52 Å². The summed E-state index contributed by atoms with van der Waals surface area (Å²) in [6.07, 6.45) is 1.03. The van der Waals surface area contributed by atoms with Crippen LogP contribution in [0.1, 0.15) is 12.2 Å². The third kappa shape index (κ3) is 2.70. The lowest BCUT2D eigenvalue weighted by atomic mass is 9.88. The lowest BCUT2D eigenvalue weighted by molar-refractivity contribution is 0.0436. The molecule has 1 N–H and O–H groups in total. The summed E-state index contributed by atoms with van der Waals surface area (Å²) in [5, 5.41) is 15.8. The minimum atomic E-state index is -0.0517. The Morgan fingerprint density at radius 3 is 2.57 bits per heavy atom. The molecule has 9 heteroatoms. The van der Waals surface area contributed by atoms with Crippen molar-refractivity contribution in [2.75, 3.05) is 30.4 Å². The number of piperidine rings is 1. The fraction of sp³-hybridized carbons (Fsp3) is 0.368. The first-order chi connectivity index (χ1) is 13.6. The highest BCUT2D eigenvalue weighted by atomic mass is 16.5. The number of amides is 2. The minimum Gasteiger partial charge on any atom is -0.497 e. The number of benzene rings is 1. The number of nitrogens with zero attached hydrogens (tertiary/aromatic N) is 6. The van der Waals surface area contributed by atoms with Gasteiger partial charge in [0.25, 0.3) is 0 Å². The van der Waals surface area contributed by atoms with Crippen LogP contribution in [0.25, 0.3) is 5.65 Å². The number of anilines is 2. The van der Waals surface area contributed by atoms with E-state index in [0.29, 0.717) is 0 Å². The highest BCUT2D eigenvalue weighted by Gasteiger charge is 2.47. The van der Waals surface area contributed by atoms with E-state index in [1.54, 1.807) is 11.6 Å². The number of nitrogens with one attached hydrogen (secondary N) is 1. The van der Waals surface area contributed by atoms with Crippen molar-refractivity contribution < 1.29 is 9.53 Å². The van der Waals surface area contributed by atoms with E-state index in [2.05, 4.69) is 25.5 Å². The second-order valence-electron chi connectivity index (χ2n) is 7.22. The molecule has 5 heterocycles. The Balaban J connectivity index is 1.27. The molecule has 2 aromatic heterocycles. The molecule has 6 rings (SSSR count). The molecule has 3 aromatic rings. The molecule has 3 aliphatic heterocycles. The van der Waals surface area contributed by atoms with Crippen LogP contribution in [-0.4, -0.2) is 63.0 Å². The number of carbonyl (C=O) groups is 1. The quantitative estimate of drug-likeness (QED) is 0.748. The Labute approximate surface area is 161 Å². The second kappa shape index (κ2) is 6.36. The van der Waals surface area contributed by atoms with Crippen molar-refractivity contribution in [3.63, 3.8) is 0 Å². The summed E-state index contributed by atoms with van der Waals surface area (Å²) in [5.74, 6) is 2.42. The standard InChI is InChI=1S/C19H21N7O2/c1-12-21-22-17-7-8-18(23-26(12)17)24-10-14-9-15(11-24)25(14)19(27)20-13-3-5-16(28-2)6-4-13/h3-8,14-15H,9-11H2,1-2H3,(H,20,27). The maximum Gasteiger partial charge on any atom is 0.322 e. The van der Waals surface area contributed by atoms with Gasteiger partial charge in [-0.05, 0) is 49.7 Å². The van der Waals surface area contributed by atoms with Gasteiger partial charge in [-0.1, -0.05) is 0 Å². The van der Waals surface area contributed by atoms with Gasteiger partial charge >= 0.3 is 6.03 Å². The van der Waals surface area contributed by atoms with Crippen LogP contribution >= 0.6 is 0 Å². The van der Waals surface area contributed by atoms with E-state index >= 15 is 0 Å². The van der Waals surface area contributed by atoms with Gasteiger partial charge in [0.15, 0.2) is 11.5 Å². The zero-order valence-corrected chi connectivity index (χ0v) is 15.7. The van der Waals surface area contributed by atoms with Crippen molar-refractivity contribution in [2.24, 2.45) is 0 Å². The average molecular weight is 379 g/mol. The Morgan fingerprint density at radius 2 is 1.86 bits per heavy atom. The summed E-state index contributed by atoms with van der Waals surface area (Å²) in [5.41, 5.74) is 1.51. The number of piperazine rings is 1. The van der Waals surface area contributed by atoms with E-state index in [0.717, 1.165) is 48.2 Å². The van der Waals surface area contributed by atoms with Crippen LogP contribution in [0.3, 0.4) is 0 Å². The number of aromatic nitrogens is 4. The van der Waals surface area contributed by atoms with Gasteiger partial charge < -0.3 is 19.9 Å². The maximum atomic E-state index is 12.7. The van der Waals surface area contributed by atoms with Gasteiger partial charge in [-0.3, -0.25) is 0 Å². The van der Waals surface area contributed by atoms with E-state index in [9.17, 15) is 4.79 Å². The predicted octanol–water partition coefficient (Wildman–Crippen LogP) is 1.94. The number of methoxy groups -OCH3 is 1. The summed E-state index contributed by atoms with van der Waals surface area (Å²) in [4.78, 5) is 16.9. The fourth-order valence-corrected chi connectivity index (χ4v) is 4.05. The molecular formula is C19H21N7O2. The molecule has 2 atom stereocenters. The highest BCUT2D eigenvalue weighted by Crippen LogP contribution is 2.34. The Kier molecular flexibility index (Phi) is 3.81. The zero-order chi connectivity index (χ0) is 19.3. The van der Waals surface area contributed by atoms with Crippen molar-refractivity contribution in [1.82, 2.24) is 24.7 Å². The molecule has 3 fully saturated rings. The van der Waals surface area contributed by atoms with Crippen LogP contribution in [0, 0.1) is 6.92 Å². The smallest absolute Gasteiger partial charge is 0.322 e. The van der Waals surface area contributed by atoms with Gasteiger partial charge in [-0.25, -0.2) is 4.79 Å². The Morgan fingerprint density at radius 1 is 1.11 bits per heavy atom. The van der Waals surface area contributed by atoms with E-state index in [1.807, 2.05) is 48.2 Å². The summed E-state index contributed by atoms with van der Waals surface area (Å²) < 4.78 is 6.91. The summed E-state index contributed by atoms with van der Waals surface area (Å²) in [6, 6.07) is 11.6. The molecule has 0 spiro atoms. The van der Waals surface area contributed by atoms with E-state index < -0.39 is 0 Å². The SMILES string of the molecule is COc1ccc(NC(=O)N2C3CC2CN(c2ccc4nnc(C)n4n2)C3)cc1. The number of carbonyl (C=O) groups excluding carboxylic acids is 1. The lowest BCUT2D eigenvalue weighted by Gasteiger charge is -2.56. The van der Waals surface area contributed by atoms with Crippen molar-refractivity contribution >= 4 is 23.2 Å². The predicted molar refractivity (Wildman–Crippen MR) is 104 cm³/mol. The second-order valence-corrected chi connectivity index (χ2v) is 7.22. The first kappa shape index (κ1) is 16.8. The van der Waals surface area contributed by atoms with Crippen molar-refractivity contribution in [3.8, 4) is 5.75 Å². The first-order valence-electron chi connectivity index (χ1n) is 9.30. The summed E-state index contributed by atoms with van der Waals surface area (Å²) >= 11 is 0. The molecule has 3 saturated heterocycles. The van der Waals surface area contributed by atoms with Crippen molar-refractivity contribution in [1.29, 1.82) is 0 Å². The number of rotatable bonds is 3. The molecule has 0 saturated carbocycles. The van der Waals surface area contributed by atoms with Gasteiger partial charge in [0, 0.05) is 18.8 Å². The topological polar surface area (TPSA) is 87.9 Å². The fourth-order valence-electron chi connectivity index (χ4n) is 4.05. The van der Waals surface area contributed by atoms with E-state index in [-0.39, 0.29) is 18.1 Å². The number of hydrogen-bond donors (Lipinski definition) is 1. The van der Waals surface area contributed by atoms with Crippen LogP contribution in [0.5, 0.6) is 5.75 Å². The molecule has 0 radical (unpaired) electrons. The van der Waals surface area contributed by atoms with Gasteiger partial charge in [-0.15, -0.1) is 15.3 Å². The number of hydrogen-bond acceptors (Lipinski definition) is 6. The molecule has 3 aliphatic rings. The Bertz CT molecular complexity index is 1020. The van der Waals surface area contributed by atoms with Crippen molar-refractivity contribution in [2.45, 2.75) is 25.4 Å². The number of fused-ring (bicyclic) bond motifs is 3. The first-order valence-corrected chi connectivity index (χ1v) is 9.30. The average Bonchev–Trinajstić information content (AvgIpc) is 3.09. The summed E-state index contributed by atoms with van der Waals surface area (Å²) in [7, 11) is 1.62. The molecule has 144 valence electrons. The van der Waals surface area contributed by atoms with Crippen LogP contribution < -0.4 is 15.0 Å². The van der Waals surface area contributed by atoms with Crippen LogP contribution in [-0.2, 0) is 0 Å². The van der Waals surface area contributed by atoms with Crippen LogP contribution in [0.2, 0.25) is 0 Å². The molecule has 2 amide bonds. The number of aryl methyl sites for hydroxylation is 1. The number of ether oxygens (including phenoxy) is 1.